The van der Waals surface area contributed by atoms with Crippen molar-refractivity contribution in [2.45, 2.75) is 0 Å². The zero-order chi connectivity index (χ0) is 20.0. The lowest BCUT2D eigenvalue weighted by molar-refractivity contribution is -0.384. The lowest BCUT2D eigenvalue weighted by atomic mass is 10.1. The second kappa shape index (κ2) is 6.65. The van der Waals surface area contributed by atoms with Gasteiger partial charge in [-0.05, 0) is 48.0 Å². The van der Waals surface area contributed by atoms with Gasteiger partial charge in [0.15, 0.2) is 11.5 Å². The molecule has 2 aromatic carbocycles. The summed E-state index contributed by atoms with van der Waals surface area (Å²) in [4.78, 5) is 15.1. The molecule has 5 aromatic rings. The van der Waals surface area contributed by atoms with Crippen LogP contribution in [0.25, 0.3) is 39.2 Å². The third kappa shape index (κ3) is 2.88. The Morgan fingerprint density at radius 2 is 1.62 bits per heavy atom. The number of halogens is 1. The molecular weight excluding hydrogens is 390 g/mol. The highest BCUT2D eigenvalue weighted by atomic mass is 35.5. The third-order valence-electron chi connectivity index (χ3n) is 4.72. The molecular formula is C21H12ClN5O2. The molecule has 140 valence electrons. The summed E-state index contributed by atoms with van der Waals surface area (Å²) in [5.74, 6) is 0.564. The maximum Gasteiger partial charge on any atom is 0.269 e. The SMILES string of the molecule is O=[N+]([O-])c1ccc(-c2nnc3c(-c4ccc(Cl)cc4)cc4cccnc4n23)cc1. The van der Waals surface area contributed by atoms with E-state index in [1.165, 1.54) is 12.1 Å². The molecule has 8 heteroatoms. The van der Waals surface area contributed by atoms with E-state index in [9.17, 15) is 10.1 Å². The maximum absolute atomic E-state index is 11.0. The molecule has 0 N–H and O–H groups in total. The topological polar surface area (TPSA) is 86.2 Å². The molecule has 0 spiro atoms. The van der Waals surface area contributed by atoms with E-state index in [1.807, 2.05) is 46.9 Å². The summed E-state index contributed by atoms with van der Waals surface area (Å²) in [5.41, 5.74) is 3.93. The van der Waals surface area contributed by atoms with Gasteiger partial charge in [0.05, 0.1) is 4.92 Å². The van der Waals surface area contributed by atoms with Gasteiger partial charge in [-0.3, -0.25) is 14.5 Å². The van der Waals surface area contributed by atoms with E-state index in [4.69, 9.17) is 11.6 Å². The molecule has 0 aliphatic heterocycles. The predicted molar refractivity (Wildman–Crippen MR) is 111 cm³/mol. The fourth-order valence-electron chi connectivity index (χ4n) is 3.35. The highest BCUT2D eigenvalue weighted by Gasteiger charge is 2.17. The predicted octanol–water partition coefficient (Wildman–Crippen LogP) is 5.17. The minimum absolute atomic E-state index is 0.0207. The van der Waals surface area contributed by atoms with Crippen LogP contribution in [0.2, 0.25) is 5.02 Å². The summed E-state index contributed by atoms with van der Waals surface area (Å²) in [6.07, 6.45) is 1.71. The molecule has 0 fully saturated rings. The zero-order valence-corrected chi connectivity index (χ0v) is 15.6. The fourth-order valence-corrected chi connectivity index (χ4v) is 3.48. The van der Waals surface area contributed by atoms with Crippen molar-refractivity contribution in [3.8, 4) is 22.5 Å². The Kier molecular flexibility index (Phi) is 3.96. The largest absolute Gasteiger partial charge is 0.269 e. The Balaban J connectivity index is 1.81. The number of aromatic nitrogens is 4. The van der Waals surface area contributed by atoms with Gasteiger partial charge in [0, 0.05) is 39.9 Å². The van der Waals surface area contributed by atoms with Crippen LogP contribution >= 0.6 is 11.6 Å². The van der Waals surface area contributed by atoms with Crippen LogP contribution in [0.15, 0.2) is 72.9 Å². The number of benzene rings is 2. The van der Waals surface area contributed by atoms with Crippen LogP contribution in [0.3, 0.4) is 0 Å². The monoisotopic (exact) mass is 401 g/mol. The second-order valence-corrected chi connectivity index (χ2v) is 6.90. The van der Waals surface area contributed by atoms with Gasteiger partial charge in [-0.1, -0.05) is 23.7 Å². The second-order valence-electron chi connectivity index (χ2n) is 6.47. The number of non-ortho nitro benzene ring substituents is 1. The number of nitro benzene ring substituents is 1. The smallest absolute Gasteiger partial charge is 0.258 e. The highest BCUT2D eigenvalue weighted by Crippen LogP contribution is 2.32. The molecule has 0 amide bonds. The zero-order valence-electron chi connectivity index (χ0n) is 14.9. The van der Waals surface area contributed by atoms with Gasteiger partial charge in [-0.2, -0.15) is 0 Å². The molecule has 3 aromatic heterocycles. The van der Waals surface area contributed by atoms with Crippen LogP contribution in [0.4, 0.5) is 5.69 Å². The van der Waals surface area contributed by atoms with Crippen molar-refractivity contribution in [1.29, 1.82) is 0 Å². The molecule has 0 atom stereocenters. The quantitative estimate of drug-likeness (QED) is 0.307. The molecule has 29 heavy (non-hydrogen) atoms. The molecule has 0 saturated heterocycles. The van der Waals surface area contributed by atoms with Crippen LogP contribution in [-0.4, -0.2) is 24.5 Å². The summed E-state index contributed by atoms with van der Waals surface area (Å²) < 4.78 is 1.88. The Morgan fingerprint density at radius 1 is 0.897 bits per heavy atom. The van der Waals surface area contributed by atoms with Gasteiger partial charge in [-0.25, -0.2) is 4.98 Å². The van der Waals surface area contributed by atoms with E-state index in [-0.39, 0.29) is 5.69 Å². The summed E-state index contributed by atoms with van der Waals surface area (Å²) in [5, 5.41) is 21.3. The van der Waals surface area contributed by atoms with Crippen molar-refractivity contribution in [2.75, 3.05) is 0 Å². The number of pyridine rings is 2. The van der Waals surface area contributed by atoms with E-state index in [2.05, 4.69) is 15.2 Å². The van der Waals surface area contributed by atoms with E-state index >= 15 is 0 Å². The van der Waals surface area contributed by atoms with Gasteiger partial charge < -0.3 is 0 Å². The first-order valence-corrected chi connectivity index (χ1v) is 9.13. The van der Waals surface area contributed by atoms with Gasteiger partial charge in [0.1, 0.15) is 5.65 Å². The molecule has 0 aliphatic carbocycles. The van der Waals surface area contributed by atoms with Gasteiger partial charge >= 0.3 is 0 Å². The van der Waals surface area contributed by atoms with Crippen molar-refractivity contribution in [3.05, 3.63) is 88.1 Å². The molecule has 0 saturated carbocycles. The first-order valence-electron chi connectivity index (χ1n) is 8.75. The Bertz CT molecular complexity index is 1380. The van der Waals surface area contributed by atoms with Crippen molar-refractivity contribution in [2.24, 2.45) is 0 Å². The average Bonchev–Trinajstić information content (AvgIpc) is 3.19. The summed E-state index contributed by atoms with van der Waals surface area (Å²) in [6, 6.07) is 19.6. The fraction of sp³-hybridized carbons (Fsp3) is 0. The van der Waals surface area contributed by atoms with Crippen molar-refractivity contribution in [1.82, 2.24) is 19.6 Å². The number of nitrogens with zero attached hydrogens (tertiary/aromatic N) is 5. The molecule has 0 unspecified atom stereocenters. The molecule has 0 aliphatic rings. The summed E-state index contributed by atoms with van der Waals surface area (Å²) in [7, 11) is 0. The normalized spacial score (nSPS) is 11.2. The van der Waals surface area contributed by atoms with Crippen molar-refractivity contribution >= 4 is 34.0 Å². The van der Waals surface area contributed by atoms with E-state index in [1.54, 1.807) is 18.3 Å². The van der Waals surface area contributed by atoms with Crippen molar-refractivity contribution < 1.29 is 4.92 Å². The first-order chi connectivity index (χ1) is 14.1. The standard InChI is InChI=1S/C21H12ClN5O2/c22-16-7-3-13(4-8-16)18-12-15-2-1-11-23-19(15)26-20(24-25-21(18)26)14-5-9-17(10-6-14)27(28)29/h1-12H. The average molecular weight is 402 g/mol. The van der Waals surface area contributed by atoms with Crippen LogP contribution in [-0.2, 0) is 0 Å². The van der Waals surface area contributed by atoms with E-state index < -0.39 is 4.92 Å². The number of fused-ring (bicyclic) bond motifs is 3. The highest BCUT2D eigenvalue weighted by molar-refractivity contribution is 6.30. The van der Waals surface area contributed by atoms with Crippen LogP contribution in [0.1, 0.15) is 0 Å². The third-order valence-corrected chi connectivity index (χ3v) is 4.98. The Morgan fingerprint density at radius 3 is 2.34 bits per heavy atom. The van der Waals surface area contributed by atoms with Crippen molar-refractivity contribution in [3.63, 3.8) is 0 Å². The van der Waals surface area contributed by atoms with E-state index in [0.717, 1.165) is 16.5 Å². The van der Waals surface area contributed by atoms with E-state index in [0.29, 0.717) is 27.7 Å². The van der Waals surface area contributed by atoms with Crippen LogP contribution in [0.5, 0.6) is 0 Å². The lowest BCUT2D eigenvalue weighted by Gasteiger charge is -2.09. The minimum Gasteiger partial charge on any atom is -0.258 e. The number of nitro groups is 1. The Labute approximate surface area is 169 Å². The summed E-state index contributed by atoms with van der Waals surface area (Å²) >= 11 is 6.04. The molecule has 3 heterocycles. The lowest BCUT2D eigenvalue weighted by Crippen LogP contribution is -1.97. The maximum atomic E-state index is 11.0. The minimum atomic E-state index is -0.429. The summed E-state index contributed by atoms with van der Waals surface area (Å²) in [6.45, 7) is 0. The first kappa shape index (κ1) is 17.3. The molecule has 7 nitrogen and oxygen atoms in total. The van der Waals surface area contributed by atoms with Gasteiger partial charge in [-0.15, -0.1) is 10.2 Å². The number of hydrogen-bond acceptors (Lipinski definition) is 5. The number of rotatable bonds is 3. The van der Waals surface area contributed by atoms with Crippen LogP contribution < -0.4 is 0 Å². The molecule has 5 rings (SSSR count). The molecule has 0 bridgehead atoms. The van der Waals surface area contributed by atoms with Gasteiger partial charge in [0.2, 0.25) is 0 Å². The van der Waals surface area contributed by atoms with Gasteiger partial charge in [0.25, 0.3) is 5.69 Å². The van der Waals surface area contributed by atoms with Crippen LogP contribution in [0, 0.1) is 10.1 Å². The Hall–Kier alpha value is -3.84. The molecule has 0 radical (unpaired) electrons. The number of hydrogen-bond donors (Lipinski definition) is 0.